The average molecular weight is 289 g/mol. The van der Waals surface area contributed by atoms with Crippen molar-refractivity contribution in [3.63, 3.8) is 0 Å². The monoisotopic (exact) mass is 289 g/mol. The van der Waals surface area contributed by atoms with Gasteiger partial charge in [-0.25, -0.2) is 13.1 Å². The van der Waals surface area contributed by atoms with Gasteiger partial charge in [-0.2, -0.15) is 0 Å². The third-order valence-electron chi connectivity index (χ3n) is 2.26. The van der Waals surface area contributed by atoms with Crippen molar-refractivity contribution < 1.29 is 17.7 Å². The minimum Gasteiger partial charge on any atom is -0.360 e. The van der Waals surface area contributed by atoms with Crippen LogP contribution in [0, 0.1) is 12.8 Å². The summed E-state index contributed by atoms with van der Waals surface area (Å²) in [7, 11) is -3.46. The maximum Gasteiger partial charge on any atom is 0.243 e. The number of nitrogens with zero attached hydrogens (tertiary/aromatic N) is 1. The lowest BCUT2D eigenvalue weighted by atomic mass is 10.0. The van der Waals surface area contributed by atoms with Crippen LogP contribution < -0.4 is 10.0 Å². The predicted octanol–water partition coefficient (Wildman–Crippen LogP) is 0.885. The third kappa shape index (κ3) is 5.84. The van der Waals surface area contributed by atoms with E-state index < -0.39 is 22.0 Å². The highest BCUT2D eigenvalue weighted by atomic mass is 32.2. The highest BCUT2D eigenvalue weighted by molar-refractivity contribution is 7.88. The Hall–Kier alpha value is -1.41. The maximum absolute atomic E-state index is 12.0. The minimum absolute atomic E-state index is 0.170. The molecule has 8 heteroatoms. The Labute approximate surface area is 112 Å². The summed E-state index contributed by atoms with van der Waals surface area (Å²) in [6.07, 6.45) is 1.42. The lowest BCUT2D eigenvalue weighted by Crippen LogP contribution is -2.44. The van der Waals surface area contributed by atoms with Crippen LogP contribution in [0.3, 0.4) is 0 Å². The second kappa shape index (κ2) is 6.16. The van der Waals surface area contributed by atoms with E-state index in [1.807, 2.05) is 13.8 Å². The van der Waals surface area contributed by atoms with Crippen LogP contribution in [0.4, 0.5) is 5.82 Å². The molecule has 0 aliphatic heterocycles. The molecule has 1 heterocycles. The lowest BCUT2D eigenvalue weighted by Gasteiger charge is -2.18. The number of aryl methyl sites for hydroxylation is 1. The van der Waals surface area contributed by atoms with Crippen LogP contribution in [0.15, 0.2) is 10.6 Å². The molecule has 0 radical (unpaired) electrons. The molecule has 0 saturated carbocycles. The van der Waals surface area contributed by atoms with Crippen molar-refractivity contribution in [3.8, 4) is 0 Å². The number of carbonyl (C=O) groups is 1. The zero-order valence-electron chi connectivity index (χ0n) is 11.4. The van der Waals surface area contributed by atoms with Crippen molar-refractivity contribution in [1.82, 2.24) is 9.88 Å². The van der Waals surface area contributed by atoms with Crippen molar-refractivity contribution in [2.45, 2.75) is 33.2 Å². The third-order valence-corrected chi connectivity index (χ3v) is 2.97. The van der Waals surface area contributed by atoms with Gasteiger partial charge in [0, 0.05) is 6.07 Å². The minimum atomic E-state index is -3.46. The van der Waals surface area contributed by atoms with Gasteiger partial charge in [-0.3, -0.25) is 4.79 Å². The largest absolute Gasteiger partial charge is 0.360 e. The predicted molar refractivity (Wildman–Crippen MR) is 71.1 cm³/mol. The van der Waals surface area contributed by atoms with Crippen LogP contribution in [0.5, 0.6) is 0 Å². The number of nitrogens with one attached hydrogen (secondary N) is 2. The maximum atomic E-state index is 12.0. The van der Waals surface area contributed by atoms with Gasteiger partial charge in [0.2, 0.25) is 15.9 Å². The number of sulfonamides is 1. The summed E-state index contributed by atoms with van der Waals surface area (Å²) < 4.78 is 29.7. The molecule has 1 atom stereocenters. The molecule has 7 nitrogen and oxygen atoms in total. The fraction of sp³-hybridized carbons (Fsp3) is 0.636. The average Bonchev–Trinajstić information content (AvgIpc) is 2.60. The van der Waals surface area contributed by atoms with Gasteiger partial charge in [0.15, 0.2) is 5.82 Å². The Balaban J connectivity index is 2.76. The van der Waals surface area contributed by atoms with E-state index in [-0.39, 0.29) is 11.7 Å². The molecule has 0 bridgehead atoms. The first kappa shape index (κ1) is 15.6. The molecule has 1 amide bonds. The normalized spacial score (nSPS) is 13.5. The van der Waals surface area contributed by atoms with Gasteiger partial charge in [0.25, 0.3) is 0 Å². The molecule has 0 unspecified atom stereocenters. The summed E-state index contributed by atoms with van der Waals surface area (Å²) in [6.45, 7) is 5.51. The highest BCUT2D eigenvalue weighted by Gasteiger charge is 2.23. The number of rotatable bonds is 6. The summed E-state index contributed by atoms with van der Waals surface area (Å²) in [5.74, 6) is 0.551. The zero-order valence-corrected chi connectivity index (χ0v) is 12.2. The Bertz CT molecular complexity index is 536. The first-order valence-corrected chi connectivity index (χ1v) is 7.78. The van der Waals surface area contributed by atoms with Gasteiger partial charge in [-0.05, 0) is 19.3 Å². The number of hydrogen-bond donors (Lipinski definition) is 2. The van der Waals surface area contributed by atoms with E-state index in [2.05, 4.69) is 15.2 Å². The zero-order chi connectivity index (χ0) is 14.6. The first-order valence-electron chi connectivity index (χ1n) is 5.89. The summed E-state index contributed by atoms with van der Waals surface area (Å²) >= 11 is 0. The van der Waals surface area contributed by atoms with Gasteiger partial charge < -0.3 is 9.84 Å². The molecule has 1 rings (SSSR count). The molecule has 0 aliphatic rings. The number of anilines is 1. The summed E-state index contributed by atoms with van der Waals surface area (Å²) in [6, 6.07) is 0.733. The van der Waals surface area contributed by atoms with Crippen LogP contribution in [0.1, 0.15) is 26.0 Å². The molecular formula is C11H19N3O4S. The Kier molecular flexibility index (Phi) is 5.07. The second-order valence-electron chi connectivity index (χ2n) is 4.88. The molecule has 0 spiro atoms. The molecule has 0 fully saturated rings. The molecule has 19 heavy (non-hydrogen) atoms. The Morgan fingerprint density at radius 3 is 2.53 bits per heavy atom. The standard InChI is InChI=1S/C11H19N3O4S/c1-7(2)5-9(14-19(4,16)17)11(15)12-10-6-8(3)18-13-10/h6-7,9,14H,5H2,1-4H3,(H,12,13,15)/t9-/m1/s1. The van der Waals surface area contributed by atoms with Crippen LogP contribution in [0.25, 0.3) is 0 Å². The molecule has 1 aromatic heterocycles. The van der Waals surface area contributed by atoms with E-state index in [9.17, 15) is 13.2 Å². The number of aromatic nitrogens is 1. The van der Waals surface area contributed by atoms with E-state index in [1.165, 1.54) is 0 Å². The summed E-state index contributed by atoms with van der Waals surface area (Å²) in [5, 5.41) is 6.15. The summed E-state index contributed by atoms with van der Waals surface area (Å²) in [4.78, 5) is 12.0. The van der Waals surface area contributed by atoms with E-state index in [0.29, 0.717) is 12.2 Å². The Morgan fingerprint density at radius 1 is 1.47 bits per heavy atom. The van der Waals surface area contributed by atoms with Gasteiger partial charge in [-0.15, -0.1) is 0 Å². The molecule has 0 saturated heterocycles. The van der Waals surface area contributed by atoms with Crippen molar-refractivity contribution in [2.75, 3.05) is 11.6 Å². The SMILES string of the molecule is Cc1cc(NC(=O)[C@@H](CC(C)C)NS(C)(=O)=O)no1. The van der Waals surface area contributed by atoms with Crippen LogP contribution >= 0.6 is 0 Å². The van der Waals surface area contributed by atoms with E-state index in [1.54, 1.807) is 13.0 Å². The molecule has 0 aromatic carbocycles. The van der Waals surface area contributed by atoms with Crippen molar-refractivity contribution >= 4 is 21.7 Å². The fourth-order valence-corrected chi connectivity index (χ4v) is 2.30. The summed E-state index contributed by atoms with van der Waals surface area (Å²) in [5.41, 5.74) is 0. The molecule has 108 valence electrons. The van der Waals surface area contributed by atoms with Crippen LogP contribution in [-0.2, 0) is 14.8 Å². The highest BCUT2D eigenvalue weighted by Crippen LogP contribution is 2.11. The quantitative estimate of drug-likeness (QED) is 0.809. The number of carbonyl (C=O) groups excluding carboxylic acids is 1. The van der Waals surface area contributed by atoms with Crippen LogP contribution in [-0.4, -0.2) is 31.8 Å². The van der Waals surface area contributed by atoms with E-state index in [0.717, 1.165) is 6.26 Å². The first-order chi connectivity index (χ1) is 8.67. The van der Waals surface area contributed by atoms with Crippen molar-refractivity contribution in [2.24, 2.45) is 5.92 Å². The second-order valence-corrected chi connectivity index (χ2v) is 6.66. The molecular weight excluding hydrogens is 270 g/mol. The molecule has 0 aliphatic carbocycles. The van der Waals surface area contributed by atoms with Crippen LogP contribution in [0.2, 0.25) is 0 Å². The number of hydrogen-bond acceptors (Lipinski definition) is 5. The molecule has 1 aromatic rings. The van der Waals surface area contributed by atoms with Gasteiger partial charge in [-0.1, -0.05) is 19.0 Å². The molecule has 2 N–H and O–H groups in total. The Morgan fingerprint density at radius 2 is 2.11 bits per heavy atom. The van der Waals surface area contributed by atoms with Crippen molar-refractivity contribution in [1.29, 1.82) is 0 Å². The van der Waals surface area contributed by atoms with Gasteiger partial charge >= 0.3 is 0 Å². The van der Waals surface area contributed by atoms with Crippen molar-refractivity contribution in [3.05, 3.63) is 11.8 Å². The fourth-order valence-electron chi connectivity index (χ4n) is 1.58. The van der Waals surface area contributed by atoms with E-state index in [4.69, 9.17) is 4.52 Å². The number of amides is 1. The van der Waals surface area contributed by atoms with Gasteiger partial charge in [0.05, 0.1) is 6.26 Å². The van der Waals surface area contributed by atoms with Gasteiger partial charge in [0.1, 0.15) is 11.8 Å². The topological polar surface area (TPSA) is 101 Å². The van der Waals surface area contributed by atoms with E-state index >= 15 is 0 Å². The lowest BCUT2D eigenvalue weighted by molar-refractivity contribution is -0.118. The smallest absolute Gasteiger partial charge is 0.243 e.